The lowest BCUT2D eigenvalue weighted by molar-refractivity contribution is 0.147. The second-order valence-corrected chi connectivity index (χ2v) is 5.53. The van der Waals surface area contributed by atoms with Crippen molar-refractivity contribution in [3.05, 3.63) is 35.4 Å². The van der Waals surface area contributed by atoms with Crippen LogP contribution in [-0.4, -0.2) is 11.7 Å². The van der Waals surface area contributed by atoms with Crippen LogP contribution in [0, 0.1) is 18.8 Å². The second kappa shape index (κ2) is 6.20. The Balaban J connectivity index is 1.96. The molecular formula is C16H24O. The Hall–Kier alpha value is -0.820. The molecule has 1 fully saturated rings. The normalized spacial score (nSPS) is 19.2. The minimum absolute atomic E-state index is 0.346. The lowest BCUT2D eigenvalue weighted by Crippen LogP contribution is -2.23. The Morgan fingerprint density at radius 1 is 1.12 bits per heavy atom. The van der Waals surface area contributed by atoms with Gasteiger partial charge in [0.05, 0.1) is 0 Å². The van der Waals surface area contributed by atoms with Crippen molar-refractivity contribution in [2.45, 2.75) is 45.4 Å². The number of aliphatic hydroxyl groups excluding tert-OH is 1. The molecule has 94 valence electrons. The van der Waals surface area contributed by atoms with Gasteiger partial charge in [-0.3, -0.25) is 0 Å². The molecular weight excluding hydrogens is 208 g/mol. The number of hydrogen-bond donors (Lipinski definition) is 1. The van der Waals surface area contributed by atoms with Crippen LogP contribution in [0.25, 0.3) is 0 Å². The fourth-order valence-corrected chi connectivity index (χ4v) is 3.01. The first-order valence-electron chi connectivity index (χ1n) is 6.96. The van der Waals surface area contributed by atoms with Gasteiger partial charge in [0.1, 0.15) is 0 Å². The van der Waals surface area contributed by atoms with Crippen LogP contribution < -0.4 is 0 Å². The Kier molecular flexibility index (Phi) is 4.61. The van der Waals surface area contributed by atoms with E-state index in [2.05, 4.69) is 31.2 Å². The fraction of sp³-hybridized carbons (Fsp3) is 0.625. The minimum Gasteiger partial charge on any atom is -0.396 e. The van der Waals surface area contributed by atoms with E-state index in [0.29, 0.717) is 12.5 Å². The summed E-state index contributed by atoms with van der Waals surface area (Å²) in [5.74, 6) is 1.22. The van der Waals surface area contributed by atoms with Crippen molar-refractivity contribution in [2.24, 2.45) is 11.8 Å². The van der Waals surface area contributed by atoms with E-state index in [4.69, 9.17) is 0 Å². The van der Waals surface area contributed by atoms with Crippen LogP contribution in [-0.2, 0) is 6.42 Å². The molecule has 1 aliphatic carbocycles. The van der Waals surface area contributed by atoms with Gasteiger partial charge in [-0.2, -0.15) is 0 Å². The van der Waals surface area contributed by atoms with Gasteiger partial charge in [-0.25, -0.2) is 0 Å². The number of aryl methyl sites for hydroxylation is 1. The number of rotatable bonds is 4. The van der Waals surface area contributed by atoms with Gasteiger partial charge in [-0.15, -0.1) is 0 Å². The fourth-order valence-electron chi connectivity index (χ4n) is 3.01. The van der Waals surface area contributed by atoms with Crippen LogP contribution >= 0.6 is 0 Å². The molecule has 17 heavy (non-hydrogen) atoms. The van der Waals surface area contributed by atoms with E-state index in [1.807, 2.05) is 0 Å². The van der Waals surface area contributed by atoms with Gasteiger partial charge in [-0.1, -0.05) is 61.9 Å². The van der Waals surface area contributed by atoms with Crippen molar-refractivity contribution in [3.63, 3.8) is 0 Å². The van der Waals surface area contributed by atoms with Crippen molar-refractivity contribution in [1.29, 1.82) is 0 Å². The second-order valence-electron chi connectivity index (χ2n) is 5.53. The molecule has 1 aliphatic rings. The molecule has 1 aromatic rings. The van der Waals surface area contributed by atoms with Crippen molar-refractivity contribution in [2.75, 3.05) is 6.61 Å². The predicted molar refractivity (Wildman–Crippen MR) is 72.0 cm³/mol. The zero-order valence-corrected chi connectivity index (χ0v) is 10.9. The van der Waals surface area contributed by atoms with Gasteiger partial charge < -0.3 is 5.11 Å². The number of hydrogen-bond acceptors (Lipinski definition) is 1. The van der Waals surface area contributed by atoms with Crippen LogP contribution in [0.5, 0.6) is 0 Å². The highest BCUT2D eigenvalue weighted by molar-refractivity contribution is 5.21. The first kappa shape index (κ1) is 12.6. The van der Waals surface area contributed by atoms with E-state index in [-0.39, 0.29) is 0 Å². The van der Waals surface area contributed by atoms with Gasteiger partial charge in [-0.05, 0) is 30.7 Å². The van der Waals surface area contributed by atoms with E-state index >= 15 is 0 Å². The first-order valence-corrected chi connectivity index (χ1v) is 6.96. The molecule has 0 aliphatic heterocycles. The van der Waals surface area contributed by atoms with E-state index in [0.717, 1.165) is 12.3 Å². The predicted octanol–water partition coefficient (Wildman–Crippen LogP) is 3.73. The summed E-state index contributed by atoms with van der Waals surface area (Å²) >= 11 is 0. The maximum absolute atomic E-state index is 9.59. The molecule has 1 saturated carbocycles. The summed E-state index contributed by atoms with van der Waals surface area (Å²) in [5.41, 5.74) is 2.69. The summed E-state index contributed by atoms with van der Waals surface area (Å²) in [7, 11) is 0. The summed E-state index contributed by atoms with van der Waals surface area (Å²) in [4.78, 5) is 0. The maximum Gasteiger partial charge on any atom is 0.0465 e. The van der Waals surface area contributed by atoms with Gasteiger partial charge in [0.15, 0.2) is 0 Å². The average molecular weight is 232 g/mol. The van der Waals surface area contributed by atoms with Crippen LogP contribution in [0.3, 0.4) is 0 Å². The summed E-state index contributed by atoms with van der Waals surface area (Å²) in [6, 6.07) is 8.76. The third kappa shape index (κ3) is 3.57. The standard InChI is InChI=1S/C16H24O/c1-13-7-9-14(10-8-13)11-16(12-17)15-5-3-2-4-6-15/h7-10,15-17H,2-6,11-12H2,1H3. The molecule has 1 heteroatoms. The molecule has 1 unspecified atom stereocenters. The Morgan fingerprint density at radius 2 is 1.76 bits per heavy atom. The SMILES string of the molecule is Cc1ccc(CC(CO)C2CCCCC2)cc1. The molecule has 0 spiro atoms. The average Bonchev–Trinajstić information content (AvgIpc) is 2.39. The van der Waals surface area contributed by atoms with E-state index < -0.39 is 0 Å². The smallest absolute Gasteiger partial charge is 0.0465 e. The highest BCUT2D eigenvalue weighted by atomic mass is 16.3. The molecule has 1 atom stereocenters. The molecule has 1 aromatic carbocycles. The molecule has 0 aromatic heterocycles. The third-order valence-electron chi connectivity index (χ3n) is 4.17. The number of aliphatic hydroxyl groups is 1. The molecule has 0 amide bonds. The molecule has 1 N–H and O–H groups in total. The summed E-state index contributed by atoms with van der Waals surface area (Å²) in [5, 5.41) is 9.59. The Labute approximate surface area is 105 Å². The van der Waals surface area contributed by atoms with Gasteiger partial charge in [0.25, 0.3) is 0 Å². The van der Waals surface area contributed by atoms with Crippen molar-refractivity contribution in [3.8, 4) is 0 Å². The molecule has 0 bridgehead atoms. The van der Waals surface area contributed by atoms with Crippen LogP contribution in [0.4, 0.5) is 0 Å². The molecule has 0 saturated heterocycles. The van der Waals surface area contributed by atoms with Crippen LogP contribution in [0.2, 0.25) is 0 Å². The van der Waals surface area contributed by atoms with Gasteiger partial charge in [0.2, 0.25) is 0 Å². The monoisotopic (exact) mass is 232 g/mol. The Morgan fingerprint density at radius 3 is 2.35 bits per heavy atom. The summed E-state index contributed by atoms with van der Waals surface area (Å²) in [6.07, 6.45) is 7.78. The molecule has 2 rings (SSSR count). The van der Waals surface area contributed by atoms with E-state index in [9.17, 15) is 5.11 Å². The molecule has 1 nitrogen and oxygen atoms in total. The van der Waals surface area contributed by atoms with Gasteiger partial charge in [0, 0.05) is 6.61 Å². The molecule has 0 radical (unpaired) electrons. The molecule has 0 heterocycles. The maximum atomic E-state index is 9.59. The summed E-state index contributed by atoms with van der Waals surface area (Å²) in [6.45, 7) is 2.47. The zero-order chi connectivity index (χ0) is 12.1. The van der Waals surface area contributed by atoms with Crippen LogP contribution in [0.1, 0.15) is 43.2 Å². The lowest BCUT2D eigenvalue weighted by Gasteiger charge is -2.29. The van der Waals surface area contributed by atoms with Crippen LogP contribution in [0.15, 0.2) is 24.3 Å². The number of benzene rings is 1. The van der Waals surface area contributed by atoms with E-state index in [1.54, 1.807) is 0 Å². The van der Waals surface area contributed by atoms with Gasteiger partial charge >= 0.3 is 0 Å². The highest BCUT2D eigenvalue weighted by Crippen LogP contribution is 2.31. The zero-order valence-electron chi connectivity index (χ0n) is 10.9. The Bertz CT molecular complexity index is 322. The first-order chi connectivity index (χ1) is 8.29. The van der Waals surface area contributed by atoms with Crippen molar-refractivity contribution >= 4 is 0 Å². The minimum atomic E-state index is 0.346. The van der Waals surface area contributed by atoms with Crippen molar-refractivity contribution in [1.82, 2.24) is 0 Å². The van der Waals surface area contributed by atoms with Crippen molar-refractivity contribution < 1.29 is 5.11 Å². The van der Waals surface area contributed by atoms with E-state index in [1.165, 1.54) is 43.2 Å². The lowest BCUT2D eigenvalue weighted by atomic mass is 9.78. The summed E-state index contributed by atoms with van der Waals surface area (Å²) < 4.78 is 0. The largest absolute Gasteiger partial charge is 0.396 e. The highest BCUT2D eigenvalue weighted by Gasteiger charge is 2.23. The quantitative estimate of drug-likeness (QED) is 0.838. The third-order valence-corrected chi connectivity index (χ3v) is 4.17. The topological polar surface area (TPSA) is 20.2 Å².